The normalized spacial score (nSPS) is 13.4. The van der Waals surface area contributed by atoms with Crippen molar-refractivity contribution in [1.82, 2.24) is 35.1 Å². The van der Waals surface area contributed by atoms with Gasteiger partial charge in [-0.3, -0.25) is 28.8 Å². The van der Waals surface area contributed by atoms with Crippen molar-refractivity contribution in [3.8, 4) is 11.5 Å². The summed E-state index contributed by atoms with van der Waals surface area (Å²) >= 11 is 6.60. The largest absolute Gasteiger partial charge is 0.508 e. The fourth-order valence-electron chi connectivity index (χ4n) is 9.39. The second-order valence-electron chi connectivity index (χ2n) is 21.2. The van der Waals surface area contributed by atoms with Crippen molar-refractivity contribution in [2.75, 3.05) is 61.7 Å². The summed E-state index contributed by atoms with van der Waals surface area (Å²) in [5, 5.41) is 24.5. The number of imidazole rings is 1. The zero-order chi connectivity index (χ0) is 60.9. The molecule has 6 aromatic rings. The number of carbonyl (C=O) groups is 9. The van der Waals surface area contributed by atoms with E-state index in [-0.39, 0.29) is 105 Å². The van der Waals surface area contributed by atoms with Gasteiger partial charge in [-0.2, -0.15) is 0 Å². The average molecular weight is 1170 g/mol. The first-order valence-corrected chi connectivity index (χ1v) is 27.9. The van der Waals surface area contributed by atoms with Crippen LogP contribution in [0.5, 0.6) is 11.5 Å². The Morgan fingerprint density at radius 3 is 2.18 bits per heavy atom. The van der Waals surface area contributed by atoms with Gasteiger partial charge in [-0.1, -0.05) is 58.0 Å². The van der Waals surface area contributed by atoms with Crippen LogP contribution in [0, 0.1) is 18.8 Å². The zero-order valence-corrected chi connectivity index (χ0v) is 48.6. The molecule has 0 radical (unpaired) electrons. The van der Waals surface area contributed by atoms with Crippen LogP contribution in [0.2, 0.25) is 0 Å². The molecule has 3 atom stereocenters. The molecule has 0 saturated carbocycles. The number of urea groups is 1. The monoisotopic (exact) mass is 1170 g/mol. The molecule has 1 aliphatic heterocycles. The summed E-state index contributed by atoms with van der Waals surface area (Å²) in [4.78, 5) is 126. The van der Waals surface area contributed by atoms with Crippen LogP contribution in [0.15, 0.2) is 97.3 Å². The maximum absolute atomic E-state index is 14.4. The minimum Gasteiger partial charge on any atom is -0.508 e. The first-order chi connectivity index (χ1) is 40.0. The van der Waals surface area contributed by atoms with Crippen LogP contribution in [0.3, 0.4) is 0 Å². The number of aryl methyl sites for hydroxylation is 1. The van der Waals surface area contributed by atoms with Gasteiger partial charge >= 0.3 is 18.2 Å². The average Bonchev–Trinajstić information content (AvgIpc) is 2.64. The molecule has 4 aromatic carbocycles. The molecule has 444 valence electrons. The molecule has 0 spiro atoms. The number of carbonyl (C=O) groups excluding carboxylic acids is 9. The number of hydrogen-bond donors (Lipinski definition) is 7. The highest BCUT2D eigenvalue weighted by Gasteiger charge is 2.37. The molecule has 0 saturated heterocycles. The van der Waals surface area contributed by atoms with Gasteiger partial charge in [-0.25, -0.2) is 19.4 Å². The maximum atomic E-state index is 14.4. The fraction of sp³-hybridized carbons (Fsp3) is 0.367. The van der Waals surface area contributed by atoms with E-state index in [0.29, 0.717) is 39.2 Å². The van der Waals surface area contributed by atoms with E-state index >= 15 is 0 Å². The van der Waals surface area contributed by atoms with E-state index in [4.69, 9.17) is 26.8 Å². The predicted molar refractivity (Wildman–Crippen MR) is 316 cm³/mol. The third kappa shape index (κ3) is 15.8. The number of pyridine rings is 1. The van der Waals surface area contributed by atoms with Crippen molar-refractivity contribution in [3.05, 3.63) is 125 Å². The topological polar surface area (TPSA) is 306 Å². The van der Waals surface area contributed by atoms with Gasteiger partial charge in [-0.15, -0.1) is 11.6 Å². The third-order valence-corrected chi connectivity index (χ3v) is 14.6. The summed E-state index contributed by atoms with van der Waals surface area (Å²) in [6.07, 6.45) is 2.11. The summed E-state index contributed by atoms with van der Waals surface area (Å²) in [5.74, 6) is -2.99. The molecule has 24 heteroatoms. The number of hydrogen-bond acceptors (Lipinski definition) is 13. The number of amides is 9. The second-order valence-corrected chi connectivity index (χ2v) is 21.5. The highest BCUT2D eigenvalue weighted by molar-refractivity contribution is 6.19. The molecule has 1 aliphatic rings. The van der Waals surface area contributed by atoms with Gasteiger partial charge in [0.25, 0.3) is 11.8 Å². The Morgan fingerprint density at radius 2 is 1.51 bits per heavy atom. The molecule has 7 rings (SSSR count). The molecular formula is C60H70ClN11O12. The number of phenols is 1. The van der Waals surface area contributed by atoms with Crippen LogP contribution in [0.4, 0.5) is 31.4 Å². The third-order valence-electron chi connectivity index (χ3n) is 14.2. The Balaban J connectivity index is 0.941. The van der Waals surface area contributed by atoms with E-state index in [1.165, 1.54) is 48.2 Å². The number of phenolic OH excluding ortho intramolecular Hbond substituents is 1. The highest BCUT2D eigenvalue weighted by atomic mass is 35.5. The number of benzene rings is 4. The molecule has 8 N–H and O–H groups in total. The van der Waals surface area contributed by atoms with E-state index in [0.717, 1.165) is 16.5 Å². The lowest BCUT2D eigenvalue weighted by molar-refractivity contribution is -0.132. The standard InChI is InChI=1S/C60H70ClN11O12/c1-34(2)47(74)22-24-50(75)68-53(35(3)4)56(78)67-44(12-9-25-63-58(62)80)55(77)64-40-17-13-37(14-18-40)33-83-59(81)69(6)26-27-70(7)60(82)84-48-28-46-52(51-36(5)10-8-11-43(48)51)39(29-61)30-72(46)57(79)45-32-71-31-41(19-23-49(71)66-45)65-54(76)38-15-20-42(73)21-16-38/h8,10-11,13-21,23,28,31-32,34-35,39,44,53,73H,9,12,22,24-27,29-30,33H2,1-7H3,(H,64,77)(H,65,76)(H,67,78)(H,68,75)(H3,62,63,80)/t39-,44+,53+/m1/s1. The van der Waals surface area contributed by atoms with Crippen molar-refractivity contribution in [2.45, 2.75) is 84.9 Å². The number of nitrogens with one attached hydrogen (secondary N) is 5. The van der Waals surface area contributed by atoms with E-state index in [9.17, 15) is 48.3 Å². The van der Waals surface area contributed by atoms with E-state index in [2.05, 4.69) is 31.6 Å². The first kappa shape index (κ1) is 62.4. The summed E-state index contributed by atoms with van der Waals surface area (Å²) in [5.41, 5.74) is 9.73. The summed E-state index contributed by atoms with van der Waals surface area (Å²) < 4.78 is 13.3. The molecular weight excluding hydrogens is 1100 g/mol. The molecule has 3 heterocycles. The summed E-state index contributed by atoms with van der Waals surface area (Å²) in [7, 11) is 3.04. The van der Waals surface area contributed by atoms with Crippen molar-refractivity contribution < 1.29 is 57.7 Å². The number of nitrogens with two attached hydrogens (primary N) is 1. The van der Waals surface area contributed by atoms with Crippen LogP contribution in [0.25, 0.3) is 16.4 Å². The van der Waals surface area contributed by atoms with Gasteiger partial charge in [0.15, 0.2) is 0 Å². The number of primary amides is 1. The number of likely N-dealkylation sites (N-methyl/N-ethyl adjacent to an activating group) is 2. The van der Waals surface area contributed by atoms with E-state index < -0.39 is 59.8 Å². The van der Waals surface area contributed by atoms with Gasteiger partial charge in [0.1, 0.15) is 47.3 Å². The first-order valence-electron chi connectivity index (χ1n) is 27.4. The van der Waals surface area contributed by atoms with Crippen LogP contribution in [-0.4, -0.2) is 136 Å². The number of aromatic hydroxyl groups is 1. The predicted octanol–water partition coefficient (Wildman–Crippen LogP) is 7.45. The van der Waals surface area contributed by atoms with E-state index in [1.807, 2.05) is 25.1 Å². The quantitative estimate of drug-likeness (QED) is 0.0229. The summed E-state index contributed by atoms with van der Waals surface area (Å²) in [6.45, 7) is 9.22. The number of ether oxygens (including phenoxy) is 2. The lowest BCUT2D eigenvalue weighted by atomic mass is 9.92. The Morgan fingerprint density at radius 1 is 0.821 bits per heavy atom. The highest BCUT2D eigenvalue weighted by Crippen LogP contribution is 2.47. The molecule has 9 amide bonds. The number of anilines is 3. The van der Waals surface area contributed by atoms with Crippen molar-refractivity contribution in [2.24, 2.45) is 17.6 Å². The molecule has 0 bridgehead atoms. The van der Waals surface area contributed by atoms with Crippen LogP contribution in [0.1, 0.15) is 96.8 Å². The molecule has 84 heavy (non-hydrogen) atoms. The van der Waals surface area contributed by atoms with Gasteiger partial charge < -0.3 is 66.0 Å². The smallest absolute Gasteiger partial charge is 0.415 e. The Hall–Kier alpha value is -9.25. The van der Waals surface area contributed by atoms with Crippen molar-refractivity contribution in [3.63, 3.8) is 0 Å². The van der Waals surface area contributed by atoms with Crippen molar-refractivity contribution in [1.29, 1.82) is 0 Å². The lowest BCUT2D eigenvalue weighted by Gasteiger charge is -2.25. The molecule has 23 nitrogen and oxygen atoms in total. The molecule has 2 aromatic heterocycles. The van der Waals surface area contributed by atoms with Crippen LogP contribution in [-0.2, 0) is 30.5 Å². The number of fused-ring (bicyclic) bond motifs is 4. The number of nitrogens with zero attached hydrogens (tertiary/aromatic N) is 5. The van der Waals surface area contributed by atoms with E-state index in [1.54, 1.807) is 91.9 Å². The van der Waals surface area contributed by atoms with Gasteiger partial charge in [-0.05, 0) is 96.3 Å². The molecule has 0 unspecified atom stereocenters. The minimum atomic E-state index is -1.08. The number of halogens is 1. The number of ketones is 1. The minimum absolute atomic E-state index is 0.0293. The SMILES string of the molecule is Cc1cccc2c(OC(=O)N(C)CCN(C)C(=O)OCc3ccc(NC(=O)[C@H](CCCNC(N)=O)NC(=O)[C@@H](NC(=O)CCC(=O)C(C)C)C(C)C)cc3)cc3c(c12)[C@H](CCl)CN3C(=O)c1cn2cc(NC(=O)c3ccc(O)cc3)ccc2n1. The number of Topliss-reactive ketones (excluding diaryl/α,β-unsaturated/α-hetero) is 1. The number of alkyl halides is 1. The zero-order valence-electron chi connectivity index (χ0n) is 47.8. The van der Waals surface area contributed by atoms with Crippen molar-refractivity contribution >= 4 is 98.6 Å². The Bertz CT molecular complexity index is 3440. The Kier molecular flexibility index (Phi) is 20.9. The number of aromatic nitrogens is 2. The van der Waals surface area contributed by atoms with Gasteiger partial charge in [0.05, 0.1) is 11.4 Å². The fourth-order valence-corrected chi connectivity index (χ4v) is 9.64. The summed E-state index contributed by atoms with van der Waals surface area (Å²) in [6, 6.07) is 20.1. The van der Waals surface area contributed by atoms with Crippen LogP contribution < -0.4 is 42.0 Å². The lowest BCUT2D eigenvalue weighted by Crippen LogP contribution is -2.54. The molecule has 0 aliphatic carbocycles. The van der Waals surface area contributed by atoms with Gasteiger partial charge in [0.2, 0.25) is 17.7 Å². The molecule has 0 fully saturated rings. The van der Waals surface area contributed by atoms with Gasteiger partial charge in [0, 0.05) is 106 Å². The number of rotatable bonds is 24. The Labute approximate surface area is 490 Å². The second kappa shape index (κ2) is 28.2. The van der Waals surface area contributed by atoms with Crippen LogP contribution >= 0.6 is 11.6 Å². The maximum Gasteiger partial charge on any atom is 0.415 e.